The standard InChI is InChI=1S/C11H12BrNO/c12-13-7-3-6-11(13)10-5-2-1-4-9(10)8-14/h1-2,4-5,8,11H,3,6-7H2. The van der Waals surface area contributed by atoms with Crippen LogP contribution in [0.3, 0.4) is 0 Å². The molecule has 1 aliphatic heterocycles. The molecular weight excluding hydrogens is 242 g/mol. The van der Waals surface area contributed by atoms with Crippen LogP contribution in [-0.2, 0) is 0 Å². The highest BCUT2D eigenvalue weighted by molar-refractivity contribution is 9.07. The molecule has 0 N–H and O–H groups in total. The van der Waals surface area contributed by atoms with Crippen LogP contribution in [0, 0.1) is 0 Å². The van der Waals surface area contributed by atoms with Crippen molar-refractivity contribution in [2.24, 2.45) is 0 Å². The molecule has 74 valence electrons. The van der Waals surface area contributed by atoms with E-state index in [1.54, 1.807) is 0 Å². The van der Waals surface area contributed by atoms with Gasteiger partial charge in [0.25, 0.3) is 0 Å². The Kier molecular flexibility index (Phi) is 2.99. The quantitative estimate of drug-likeness (QED) is 0.597. The molecule has 1 aliphatic rings. The van der Waals surface area contributed by atoms with Gasteiger partial charge in [-0.05, 0) is 18.4 Å². The number of carbonyl (C=O) groups is 1. The fraction of sp³-hybridized carbons (Fsp3) is 0.364. The van der Waals surface area contributed by atoms with Crippen molar-refractivity contribution >= 4 is 22.4 Å². The monoisotopic (exact) mass is 253 g/mol. The Balaban J connectivity index is 2.34. The summed E-state index contributed by atoms with van der Waals surface area (Å²) in [6.07, 6.45) is 3.24. The zero-order valence-electron chi connectivity index (χ0n) is 7.82. The van der Waals surface area contributed by atoms with Crippen LogP contribution < -0.4 is 0 Å². The summed E-state index contributed by atoms with van der Waals surface area (Å²) < 4.78 is 2.13. The van der Waals surface area contributed by atoms with Crippen LogP contribution >= 0.6 is 16.1 Å². The lowest BCUT2D eigenvalue weighted by Crippen LogP contribution is -2.12. The first-order valence-electron chi connectivity index (χ1n) is 4.79. The summed E-state index contributed by atoms with van der Waals surface area (Å²) >= 11 is 3.52. The van der Waals surface area contributed by atoms with E-state index in [1.165, 1.54) is 6.42 Å². The van der Waals surface area contributed by atoms with Gasteiger partial charge in [0.15, 0.2) is 0 Å². The van der Waals surface area contributed by atoms with Gasteiger partial charge >= 0.3 is 0 Å². The molecule has 0 radical (unpaired) electrons. The molecule has 14 heavy (non-hydrogen) atoms. The average molecular weight is 254 g/mol. The van der Waals surface area contributed by atoms with E-state index in [0.717, 1.165) is 30.4 Å². The van der Waals surface area contributed by atoms with E-state index in [1.807, 2.05) is 24.3 Å². The molecule has 1 aromatic carbocycles. The summed E-state index contributed by atoms with van der Waals surface area (Å²) in [4.78, 5) is 10.9. The van der Waals surface area contributed by atoms with Crippen molar-refractivity contribution in [2.75, 3.05) is 6.54 Å². The molecule has 3 heteroatoms. The van der Waals surface area contributed by atoms with Crippen molar-refractivity contribution in [2.45, 2.75) is 18.9 Å². The van der Waals surface area contributed by atoms with Gasteiger partial charge < -0.3 is 0 Å². The van der Waals surface area contributed by atoms with E-state index in [-0.39, 0.29) is 0 Å². The molecule has 0 aromatic heterocycles. The maximum Gasteiger partial charge on any atom is 0.150 e. The molecule has 1 aromatic rings. The second-order valence-electron chi connectivity index (χ2n) is 3.53. The normalized spacial score (nSPS) is 22.5. The molecule has 2 rings (SSSR count). The predicted molar refractivity (Wildman–Crippen MR) is 59.4 cm³/mol. The summed E-state index contributed by atoms with van der Waals surface area (Å²) in [5, 5.41) is 0. The average Bonchev–Trinajstić information content (AvgIpc) is 2.64. The number of rotatable bonds is 2. The Bertz CT molecular complexity index is 340. The molecule has 0 saturated carbocycles. The van der Waals surface area contributed by atoms with Crippen molar-refractivity contribution in [3.63, 3.8) is 0 Å². The first-order valence-corrected chi connectivity index (χ1v) is 5.50. The Morgan fingerprint density at radius 3 is 2.86 bits per heavy atom. The van der Waals surface area contributed by atoms with Gasteiger partial charge in [0, 0.05) is 34.3 Å². The Morgan fingerprint density at radius 1 is 1.43 bits per heavy atom. The van der Waals surface area contributed by atoms with Gasteiger partial charge in [-0.15, -0.1) is 0 Å². The van der Waals surface area contributed by atoms with Crippen LogP contribution in [0.2, 0.25) is 0 Å². The lowest BCUT2D eigenvalue weighted by Gasteiger charge is -2.18. The van der Waals surface area contributed by atoms with Crippen LogP contribution in [0.1, 0.15) is 34.8 Å². The van der Waals surface area contributed by atoms with E-state index >= 15 is 0 Å². The van der Waals surface area contributed by atoms with E-state index in [2.05, 4.69) is 20.1 Å². The van der Waals surface area contributed by atoms with E-state index in [9.17, 15) is 4.79 Å². The van der Waals surface area contributed by atoms with Gasteiger partial charge in [0.05, 0.1) is 0 Å². The van der Waals surface area contributed by atoms with Crippen LogP contribution in [0.4, 0.5) is 0 Å². The second kappa shape index (κ2) is 4.24. The van der Waals surface area contributed by atoms with Crippen LogP contribution in [0.5, 0.6) is 0 Å². The van der Waals surface area contributed by atoms with E-state index in [4.69, 9.17) is 0 Å². The molecule has 0 amide bonds. The summed E-state index contributed by atoms with van der Waals surface area (Å²) in [5.41, 5.74) is 1.95. The number of carbonyl (C=O) groups excluding carboxylic acids is 1. The summed E-state index contributed by atoms with van der Waals surface area (Å²) in [6, 6.07) is 8.16. The third-order valence-electron chi connectivity index (χ3n) is 2.67. The van der Waals surface area contributed by atoms with Crippen molar-refractivity contribution < 1.29 is 4.79 Å². The molecule has 0 aliphatic carbocycles. The molecular formula is C11H12BrNO. The summed E-state index contributed by atoms with van der Waals surface area (Å²) in [6.45, 7) is 1.05. The highest BCUT2D eigenvalue weighted by Crippen LogP contribution is 2.35. The third kappa shape index (κ3) is 1.74. The topological polar surface area (TPSA) is 20.3 Å². The van der Waals surface area contributed by atoms with Gasteiger partial charge in [0.2, 0.25) is 0 Å². The fourth-order valence-corrected chi connectivity index (χ4v) is 2.64. The minimum absolute atomic E-state index is 0.358. The van der Waals surface area contributed by atoms with Crippen molar-refractivity contribution in [3.05, 3.63) is 35.4 Å². The number of benzene rings is 1. The molecule has 1 unspecified atom stereocenters. The van der Waals surface area contributed by atoms with Gasteiger partial charge in [-0.3, -0.25) is 4.79 Å². The highest BCUT2D eigenvalue weighted by Gasteiger charge is 2.25. The summed E-state index contributed by atoms with van der Waals surface area (Å²) in [5.74, 6) is 0. The first kappa shape index (κ1) is 9.87. The lowest BCUT2D eigenvalue weighted by molar-refractivity contribution is 0.112. The second-order valence-corrected chi connectivity index (χ2v) is 4.44. The van der Waals surface area contributed by atoms with Crippen LogP contribution in [-0.4, -0.2) is 16.8 Å². The number of hydrogen-bond acceptors (Lipinski definition) is 2. The largest absolute Gasteiger partial charge is 0.298 e. The predicted octanol–water partition coefficient (Wildman–Crippen LogP) is 2.95. The van der Waals surface area contributed by atoms with E-state index < -0.39 is 0 Å². The molecule has 1 atom stereocenters. The highest BCUT2D eigenvalue weighted by atomic mass is 79.9. The van der Waals surface area contributed by atoms with Gasteiger partial charge in [0.1, 0.15) is 6.29 Å². The molecule has 1 saturated heterocycles. The molecule has 0 bridgehead atoms. The number of hydrogen-bond donors (Lipinski definition) is 0. The maximum atomic E-state index is 10.9. The Hall–Kier alpha value is -0.670. The van der Waals surface area contributed by atoms with Crippen molar-refractivity contribution in [3.8, 4) is 0 Å². The molecule has 0 spiro atoms. The number of nitrogens with zero attached hydrogens (tertiary/aromatic N) is 1. The smallest absolute Gasteiger partial charge is 0.150 e. The zero-order chi connectivity index (χ0) is 9.97. The van der Waals surface area contributed by atoms with Crippen molar-refractivity contribution in [1.82, 2.24) is 3.93 Å². The number of halogens is 1. The van der Waals surface area contributed by atoms with Gasteiger partial charge in [-0.1, -0.05) is 24.3 Å². The maximum absolute atomic E-state index is 10.9. The Morgan fingerprint density at radius 2 is 2.21 bits per heavy atom. The van der Waals surface area contributed by atoms with E-state index in [0.29, 0.717) is 6.04 Å². The number of aldehydes is 1. The third-order valence-corrected chi connectivity index (χ3v) is 3.52. The molecule has 1 fully saturated rings. The Labute approximate surface area is 92.2 Å². The molecule has 2 nitrogen and oxygen atoms in total. The molecule has 1 heterocycles. The lowest BCUT2D eigenvalue weighted by atomic mass is 10.00. The van der Waals surface area contributed by atoms with Gasteiger partial charge in [-0.2, -0.15) is 0 Å². The first-order chi connectivity index (χ1) is 6.83. The van der Waals surface area contributed by atoms with Gasteiger partial charge in [-0.25, -0.2) is 3.93 Å². The minimum Gasteiger partial charge on any atom is -0.298 e. The minimum atomic E-state index is 0.358. The summed E-state index contributed by atoms with van der Waals surface area (Å²) in [7, 11) is 0. The SMILES string of the molecule is O=Cc1ccccc1C1CCCN1Br. The fourth-order valence-electron chi connectivity index (χ4n) is 1.96. The van der Waals surface area contributed by atoms with Crippen LogP contribution in [0.25, 0.3) is 0 Å². The van der Waals surface area contributed by atoms with Crippen molar-refractivity contribution in [1.29, 1.82) is 0 Å². The van der Waals surface area contributed by atoms with Crippen LogP contribution in [0.15, 0.2) is 24.3 Å². The zero-order valence-corrected chi connectivity index (χ0v) is 9.40.